The van der Waals surface area contributed by atoms with Crippen molar-refractivity contribution in [3.8, 4) is 11.5 Å². The third-order valence-electron chi connectivity index (χ3n) is 5.01. The molecule has 3 N–H and O–H groups in total. The molecule has 0 spiro atoms. The largest absolute Gasteiger partial charge is 0.493 e. The van der Waals surface area contributed by atoms with E-state index in [1.165, 1.54) is 11.1 Å². The number of hydrogen-bond donors (Lipinski definition) is 2. The molecule has 5 nitrogen and oxygen atoms in total. The molecule has 0 aliphatic rings. The molecule has 2 aromatic carbocycles. The lowest BCUT2D eigenvalue weighted by molar-refractivity contribution is -0.125. The number of rotatable bonds is 8. The number of nitrogens with two attached hydrogens (primary N) is 1. The summed E-state index contributed by atoms with van der Waals surface area (Å²) in [5, 5.41) is 3.16. The zero-order chi connectivity index (χ0) is 20.0. The van der Waals surface area contributed by atoms with Crippen molar-refractivity contribution in [2.45, 2.75) is 39.3 Å². The van der Waals surface area contributed by atoms with E-state index in [-0.39, 0.29) is 36.3 Å². The van der Waals surface area contributed by atoms with Crippen molar-refractivity contribution in [1.29, 1.82) is 0 Å². The van der Waals surface area contributed by atoms with Crippen LogP contribution in [0.25, 0.3) is 0 Å². The van der Waals surface area contributed by atoms with Gasteiger partial charge in [-0.05, 0) is 49.1 Å². The first-order valence-corrected chi connectivity index (χ1v) is 9.19. The number of methoxy groups -OCH3 is 2. The Morgan fingerprint density at radius 2 is 1.71 bits per heavy atom. The van der Waals surface area contributed by atoms with E-state index in [0.29, 0.717) is 17.9 Å². The second-order valence-electron chi connectivity index (χ2n) is 6.95. The van der Waals surface area contributed by atoms with E-state index in [9.17, 15) is 4.79 Å². The first kappa shape index (κ1) is 23.8. The van der Waals surface area contributed by atoms with E-state index in [0.717, 1.165) is 5.56 Å². The lowest BCUT2D eigenvalue weighted by Crippen LogP contribution is -2.40. The molecule has 2 aromatic rings. The average molecular weight is 407 g/mol. The van der Waals surface area contributed by atoms with Crippen LogP contribution in [0.15, 0.2) is 42.5 Å². The maximum absolute atomic E-state index is 12.7. The molecule has 0 saturated heterocycles. The summed E-state index contributed by atoms with van der Waals surface area (Å²) >= 11 is 0. The van der Waals surface area contributed by atoms with Crippen LogP contribution in [0.2, 0.25) is 0 Å². The maximum atomic E-state index is 12.7. The minimum atomic E-state index is -0.274. The van der Waals surface area contributed by atoms with Crippen LogP contribution < -0.4 is 20.5 Å². The molecule has 0 heterocycles. The highest BCUT2D eigenvalue weighted by molar-refractivity contribution is 5.85. The van der Waals surface area contributed by atoms with Gasteiger partial charge in [0.05, 0.1) is 20.3 Å². The Morgan fingerprint density at radius 1 is 1.07 bits per heavy atom. The number of hydrogen-bond acceptors (Lipinski definition) is 4. The fourth-order valence-electron chi connectivity index (χ4n) is 2.92. The fourth-order valence-corrected chi connectivity index (χ4v) is 2.92. The summed E-state index contributed by atoms with van der Waals surface area (Å²) in [6.07, 6.45) is 0.680. The highest BCUT2D eigenvalue weighted by atomic mass is 35.5. The van der Waals surface area contributed by atoms with Crippen LogP contribution in [0, 0.1) is 12.8 Å². The highest BCUT2D eigenvalue weighted by Crippen LogP contribution is 2.31. The number of amides is 1. The van der Waals surface area contributed by atoms with E-state index in [4.69, 9.17) is 15.2 Å². The lowest BCUT2D eigenvalue weighted by atomic mass is 9.94. The van der Waals surface area contributed by atoms with Crippen molar-refractivity contribution >= 4 is 18.3 Å². The number of carbonyl (C=O) groups excluding carboxylic acids is 1. The monoisotopic (exact) mass is 406 g/mol. The standard InChI is InChI=1S/C22H30N2O3.ClH/c1-14-8-6-7-9-17(14)12-19(24-22(25)15(2)16(3)23)18-10-11-20(26-4)21(13-18)27-5;/h6-11,13,15-16,19H,12,23H2,1-5H3,(H,24,25);1H. The van der Waals surface area contributed by atoms with E-state index < -0.39 is 0 Å². The Labute approximate surface area is 174 Å². The van der Waals surface area contributed by atoms with Gasteiger partial charge in [-0.25, -0.2) is 0 Å². The van der Waals surface area contributed by atoms with E-state index in [1.54, 1.807) is 14.2 Å². The van der Waals surface area contributed by atoms with E-state index >= 15 is 0 Å². The Morgan fingerprint density at radius 3 is 2.29 bits per heavy atom. The van der Waals surface area contributed by atoms with Crippen LogP contribution >= 0.6 is 12.4 Å². The summed E-state index contributed by atoms with van der Waals surface area (Å²) in [6.45, 7) is 5.77. The van der Waals surface area contributed by atoms with Gasteiger partial charge in [0, 0.05) is 12.0 Å². The Balaban J connectivity index is 0.00000392. The molecule has 28 heavy (non-hydrogen) atoms. The minimum Gasteiger partial charge on any atom is -0.493 e. The predicted molar refractivity (Wildman–Crippen MR) is 115 cm³/mol. The van der Waals surface area contributed by atoms with Gasteiger partial charge >= 0.3 is 0 Å². The first-order chi connectivity index (χ1) is 12.9. The molecule has 0 saturated carbocycles. The van der Waals surface area contributed by atoms with Gasteiger partial charge in [-0.15, -0.1) is 12.4 Å². The molecular formula is C22H31ClN2O3. The minimum absolute atomic E-state index is 0. The molecule has 0 aliphatic heterocycles. The second kappa shape index (κ2) is 10.9. The lowest BCUT2D eigenvalue weighted by Gasteiger charge is -2.24. The van der Waals surface area contributed by atoms with Crippen molar-refractivity contribution in [3.05, 3.63) is 59.2 Å². The molecule has 0 aromatic heterocycles. The molecule has 3 unspecified atom stereocenters. The zero-order valence-corrected chi connectivity index (χ0v) is 18.0. The third-order valence-corrected chi connectivity index (χ3v) is 5.01. The summed E-state index contributed by atoms with van der Waals surface area (Å²) in [7, 11) is 3.21. The number of ether oxygens (including phenoxy) is 2. The van der Waals surface area contributed by atoms with Crippen LogP contribution in [0.3, 0.4) is 0 Å². The SMILES string of the molecule is COc1ccc(C(Cc2ccccc2C)NC(=O)C(C)C(C)N)cc1OC.Cl. The normalized spacial score (nSPS) is 13.6. The van der Waals surface area contributed by atoms with Crippen molar-refractivity contribution < 1.29 is 14.3 Å². The van der Waals surface area contributed by atoms with Gasteiger partial charge in [0.1, 0.15) is 0 Å². The second-order valence-corrected chi connectivity index (χ2v) is 6.95. The molecule has 0 aliphatic carbocycles. The molecule has 1 amide bonds. The Hall–Kier alpha value is -2.24. The van der Waals surface area contributed by atoms with Crippen molar-refractivity contribution in [2.24, 2.45) is 11.7 Å². The van der Waals surface area contributed by atoms with Gasteiger partial charge in [0.15, 0.2) is 11.5 Å². The molecular weight excluding hydrogens is 376 g/mol. The third kappa shape index (κ3) is 5.88. The first-order valence-electron chi connectivity index (χ1n) is 9.19. The molecule has 0 radical (unpaired) electrons. The van der Waals surface area contributed by atoms with E-state index in [2.05, 4.69) is 24.4 Å². The van der Waals surface area contributed by atoms with Gasteiger partial charge in [0.25, 0.3) is 0 Å². The quantitative estimate of drug-likeness (QED) is 0.698. The van der Waals surface area contributed by atoms with Crippen LogP contribution in [-0.2, 0) is 11.2 Å². The maximum Gasteiger partial charge on any atom is 0.224 e. The van der Waals surface area contributed by atoms with E-state index in [1.807, 2.05) is 44.2 Å². The summed E-state index contributed by atoms with van der Waals surface area (Å²) < 4.78 is 10.8. The fraction of sp³-hybridized carbons (Fsp3) is 0.409. The van der Waals surface area contributed by atoms with Crippen molar-refractivity contribution in [1.82, 2.24) is 5.32 Å². The topological polar surface area (TPSA) is 73.6 Å². The number of aryl methyl sites for hydroxylation is 1. The van der Waals surface area contributed by atoms with Crippen LogP contribution in [0.5, 0.6) is 11.5 Å². The molecule has 0 fully saturated rings. The van der Waals surface area contributed by atoms with Crippen LogP contribution in [0.1, 0.15) is 36.6 Å². The summed E-state index contributed by atoms with van der Waals surface area (Å²) in [5.41, 5.74) is 9.25. The average Bonchev–Trinajstić information content (AvgIpc) is 2.67. The number of benzene rings is 2. The van der Waals surface area contributed by atoms with Gasteiger partial charge in [0.2, 0.25) is 5.91 Å². The predicted octanol–water partition coefficient (Wildman–Crippen LogP) is 3.82. The summed E-state index contributed by atoms with van der Waals surface area (Å²) in [6, 6.07) is 13.5. The molecule has 2 rings (SSSR count). The van der Waals surface area contributed by atoms with Gasteiger partial charge < -0.3 is 20.5 Å². The molecule has 3 atom stereocenters. The molecule has 6 heteroatoms. The summed E-state index contributed by atoms with van der Waals surface area (Å²) in [5.74, 6) is 0.966. The summed E-state index contributed by atoms with van der Waals surface area (Å²) in [4.78, 5) is 12.7. The molecule has 0 bridgehead atoms. The van der Waals surface area contributed by atoms with Gasteiger partial charge in [-0.1, -0.05) is 37.3 Å². The van der Waals surface area contributed by atoms with Crippen LogP contribution in [0.4, 0.5) is 0 Å². The Kier molecular flexibility index (Phi) is 9.29. The smallest absolute Gasteiger partial charge is 0.224 e. The van der Waals surface area contributed by atoms with Gasteiger partial charge in [-0.2, -0.15) is 0 Å². The number of nitrogens with one attached hydrogen (secondary N) is 1. The van der Waals surface area contributed by atoms with Crippen molar-refractivity contribution in [2.75, 3.05) is 14.2 Å². The molecule has 154 valence electrons. The number of carbonyl (C=O) groups is 1. The van der Waals surface area contributed by atoms with Crippen molar-refractivity contribution in [3.63, 3.8) is 0 Å². The van der Waals surface area contributed by atoms with Crippen LogP contribution in [-0.4, -0.2) is 26.2 Å². The van der Waals surface area contributed by atoms with Gasteiger partial charge in [-0.3, -0.25) is 4.79 Å². The number of halogens is 1. The highest BCUT2D eigenvalue weighted by Gasteiger charge is 2.23. The Bertz CT molecular complexity index is 780. The zero-order valence-electron chi connectivity index (χ0n) is 17.2.